The van der Waals surface area contributed by atoms with Crippen LogP contribution in [0.4, 0.5) is 11.4 Å². The van der Waals surface area contributed by atoms with Crippen molar-refractivity contribution in [1.82, 2.24) is 15.2 Å². The number of carbonyl (C=O) groups is 1. The molecule has 8 nitrogen and oxygen atoms in total. The van der Waals surface area contributed by atoms with Crippen molar-refractivity contribution in [2.75, 3.05) is 51.3 Å². The summed E-state index contributed by atoms with van der Waals surface area (Å²) < 4.78 is 5.61. The zero-order valence-corrected chi connectivity index (χ0v) is 21.6. The highest BCUT2D eigenvalue weighted by molar-refractivity contribution is 6.14. The van der Waals surface area contributed by atoms with Gasteiger partial charge in [-0.05, 0) is 68.8 Å². The SMILES string of the molecule is CCC(=Nc1ccc(N2CC3(CN(C)C3)C2)cc1)c1c(O)[nH]c2ccc(C(=O)NC[C@H]3CCCO3)cc12. The second-order valence-corrected chi connectivity index (χ2v) is 10.9. The van der Waals surface area contributed by atoms with Crippen molar-refractivity contribution in [1.29, 1.82) is 0 Å². The number of ether oxygens (including phenoxy) is 1. The number of nitrogens with zero attached hydrogens (tertiary/aromatic N) is 3. The number of hydrogen-bond donors (Lipinski definition) is 3. The first-order valence-corrected chi connectivity index (χ1v) is 13.3. The minimum absolute atomic E-state index is 0.0699. The number of nitrogens with one attached hydrogen (secondary N) is 2. The van der Waals surface area contributed by atoms with Crippen LogP contribution in [0.3, 0.4) is 0 Å². The lowest BCUT2D eigenvalue weighted by atomic mass is 9.73. The highest BCUT2D eigenvalue weighted by Crippen LogP contribution is 2.41. The number of fused-ring (bicyclic) bond motifs is 1. The molecule has 8 heteroatoms. The van der Waals surface area contributed by atoms with E-state index in [0.29, 0.717) is 29.5 Å². The number of aromatic amines is 1. The maximum Gasteiger partial charge on any atom is 0.251 e. The number of likely N-dealkylation sites (tertiary alicyclic amines) is 1. The number of carbonyl (C=O) groups excluding carboxylic acids is 1. The van der Waals surface area contributed by atoms with Crippen molar-refractivity contribution >= 4 is 33.9 Å². The molecular formula is C29H35N5O3. The summed E-state index contributed by atoms with van der Waals surface area (Å²) in [6.07, 6.45) is 2.74. The predicted octanol–water partition coefficient (Wildman–Crippen LogP) is 4.06. The van der Waals surface area contributed by atoms with E-state index in [1.165, 1.54) is 18.8 Å². The van der Waals surface area contributed by atoms with Gasteiger partial charge in [-0.3, -0.25) is 9.79 Å². The van der Waals surface area contributed by atoms with Crippen LogP contribution in [0.25, 0.3) is 10.9 Å². The van der Waals surface area contributed by atoms with Crippen LogP contribution in [0, 0.1) is 5.41 Å². The topological polar surface area (TPSA) is 93.2 Å². The summed E-state index contributed by atoms with van der Waals surface area (Å²) in [5.74, 6) is -0.0728. The van der Waals surface area contributed by atoms with E-state index in [1.54, 1.807) is 6.07 Å². The number of benzene rings is 2. The molecule has 1 atom stereocenters. The van der Waals surface area contributed by atoms with Crippen LogP contribution in [0.15, 0.2) is 47.5 Å². The normalized spacial score (nSPS) is 21.3. The molecule has 3 N–H and O–H groups in total. The van der Waals surface area contributed by atoms with Crippen molar-refractivity contribution in [3.63, 3.8) is 0 Å². The largest absolute Gasteiger partial charge is 0.494 e. The fourth-order valence-electron chi connectivity index (χ4n) is 6.18. The second-order valence-electron chi connectivity index (χ2n) is 10.9. The van der Waals surface area contributed by atoms with E-state index < -0.39 is 0 Å². The molecule has 1 spiro atoms. The van der Waals surface area contributed by atoms with Gasteiger partial charge in [-0.2, -0.15) is 0 Å². The summed E-state index contributed by atoms with van der Waals surface area (Å²) in [5, 5.41) is 14.5. The van der Waals surface area contributed by atoms with E-state index in [9.17, 15) is 9.90 Å². The number of anilines is 1. The molecule has 0 saturated carbocycles. The third-order valence-corrected chi connectivity index (χ3v) is 7.92. The van der Waals surface area contributed by atoms with Gasteiger partial charge in [0, 0.05) is 66.9 Å². The van der Waals surface area contributed by atoms with Crippen LogP contribution >= 0.6 is 0 Å². The fourth-order valence-corrected chi connectivity index (χ4v) is 6.18. The molecule has 194 valence electrons. The Morgan fingerprint density at radius 1 is 1.19 bits per heavy atom. The van der Waals surface area contributed by atoms with Gasteiger partial charge in [-0.1, -0.05) is 6.92 Å². The monoisotopic (exact) mass is 501 g/mol. The van der Waals surface area contributed by atoms with Crippen molar-refractivity contribution in [3.8, 4) is 5.88 Å². The Bertz CT molecular complexity index is 1330. The average Bonchev–Trinajstić information content (AvgIpc) is 3.49. The van der Waals surface area contributed by atoms with Crippen LogP contribution in [0.2, 0.25) is 0 Å². The van der Waals surface area contributed by atoms with Crippen LogP contribution in [0.5, 0.6) is 5.88 Å². The number of H-pyrrole nitrogens is 1. The Balaban J connectivity index is 1.20. The first kappa shape index (κ1) is 24.0. The molecule has 1 amide bonds. The van der Waals surface area contributed by atoms with Gasteiger partial charge in [0.15, 0.2) is 5.88 Å². The van der Waals surface area contributed by atoms with E-state index in [2.05, 4.69) is 39.3 Å². The molecular weight excluding hydrogens is 466 g/mol. The molecule has 2 aromatic carbocycles. The van der Waals surface area contributed by atoms with Crippen LogP contribution in [-0.4, -0.2) is 79.1 Å². The Morgan fingerprint density at radius 2 is 1.97 bits per heavy atom. The second kappa shape index (κ2) is 9.50. The maximum atomic E-state index is 12.8. The summed E-state index contributed by atoms with van der Waals surface area (Å²) in [6.45, 7) is 7.92. The molecule has 4 heterocycles. The number of aliphatic imine (C=N–C) groups is 1. The molecule has 3 aromatic rings. The van der Waals surface area contributed by atoms with Crippen LogP contribution in [-0.2, 0) is 4.74 Å². The predicted molar refractivity (Wildman–Crippen MR) is 146 cm³/mol. The summed E-state index contributed by atoms with van der Waals surface area (Å²) in [7, 11) is 2.18. The number of amides is 1. The van der Waals surface area contributed by atoms with Crippen molar-refractivity contribution in [3.05, 3.63) is 53.6 Å². The molecule has 6 rings (SSSR count). The molecule has 0 unspecified atom stereocenters. The van der Waals surface area contributed by atoms with E-state index in [0.717, 1.165) is 54.8 Å². The standard InChI is InChI=1S/C29H35N5O3/c1-3-24(31-20-7-9-21(10-8-20)34-17-29(18-34)15-33(2)16-29)26-23-13-19(6-11-25(23)32-28(26)36)27(35)30-14-22-5-4-12-37-22/h6-11,13,22,32,36H,3-5,12,14-18H2,1-2H3,(H,30,35)/t22-/m1/s1. The van der Waals surface area contributed by atoms with E-state index >= 15 is 0 Å². The van der Waals surface area contributed by atoms with Gasteiger partial charge in [0.2, 0.25) is 0 Å². The van der Waals surface area contributed by atoms with Crippen LogP contribution in [0.1, 0.15) is 42.1 Å². The number of hydrogen-bond acceptors (Lipinski definition) is 6. The number of aromatic hydroxyl groups is 1. The first-order chi connectivity index (χ1) is 17.9. The summed E-state index contributed by atoms with van der Waals surface area (Å²) in [5.41, 5.74) is 5.31. The van der Waals surface area contributed by atoms with Gasteiger partial charge >= 0.3 is 0 Å². The lowest BCUT2D eigenvalue weighted by Gasteiger charge is -2.60. The third kappa shape index (κ3) is 4.60. The van der Waals surface area contributed by atoms with E-state index in [4.69, 9.17) is 9.73 Å². The third-order valence-electron chi connectivity index (χ3n) is 7.92. The van der Waals surface area contributed by atoms with Crippen molar-refractivity contribution in [2.45, 2.75) is 32.3 Å². The Morgan fingerprint density at radius 3 is 2.65 bits per heavy atom. The van der Waals surface area contributed by atoms with Gasteiger partial charge < -0.3 is 29.9 Å². The number of rotatable bonds is 7. The minimum atomic E-state index is -0.143. The molecule has 0 radical (unpaired) electrons. The summed E-state index contributed by atoms with van der Waals surface area (Å²) in [4.78, 5) is 25.6. The van der Waals surface area contributed by atoms with Gasteiger partial charge in [-0.15, -0.1) is 0 Å². The minimum Gasteiger partial charge on any atom is -0.494 e. The van der Waals surface area contributed by atoms with E-state index in [-0.39, 0.29) is 17.9 Å². The molecule has 3 aliphatic heterocycles. The smallest absolute Gasteiger partial charge is 0.251 e. The summed E-state index contributed by atoms with van der Waals surface area (Å²) >= 11 is 0. The molecule has 3 saturated heterocycles. The van der Waals surface area contributed by atoms with E-state index in [1.807, 2.05) is 31.2 Å². The highest BCUT2D eigenvalue weighted by Gasteiger charge is 2.50. The molecule has 0 bridgehead atoms. The van der Waals surface area contributed by atoms with Crippen molar-refractivity contribution in [2.24, 2.45) is 10.4 Å². The molecule has 1 aromatic heterocycles. The fraction of sp³-hybridized carbons (Fsp3) is 0.448. The zero-order valence-electron chi connectivity index (χ0n) is 21.6. The van der Waals surface area contributed by atoms with Gasteiger partial charge in [-0.25, -0.2) is 0 Å². The van der Waals surface area contributed by atoms with Gasteiger partial charge in [0.25, 0.3) is 5.91 Å². The Kier molecular flexibility index (Phi) is 6.16. The number of aromatic nitrogens is 1. The quantitative estimate of drug-likeness (QED) is 0.425. The molecule has 0 aliphatic carbocycles. The van der Waals surface area contributed by atoms with Gasteiger partial charge in [0.05, 0.1) is 23.1 Å². The lowest BCUT2D eigenvalue weighted by Crippen LogP contribution is -2.71. The zero-order chi connectivity index (χ0) is 25.6. The Hall–Kier alpha value is -3.36. The van der Waals surface area contributed by atoms with Crippen LogP contribution < -0.4 is 10.2 Å². The van der Waals surface area contributed by atoms with Gasteiger partial charge in [0.1, 0.15) is 0 Å². The summed E-state index contributed by atoms with van der Waals surface area (Å²) in [6, 6.07) is 13.8. The average molecular weight is 502 g/mol. The van der Waals surface area contributed by atoms with Crippen molar-refractivity contribution < 1.29 is 14.6 Å². The molecule has 3 fully saturated rings. The maximum absolute atomic E-state index is 12.8. The first-order valence-electron chi connectivity index (χ1n) is 13.3. The Labute approximate surface area is 217 Å². The lowest BCUT2D eigenvalue weighted by molar-refractivity contribution is -0.00238. The molecule has 3 aliphatic rings. The molecule has 37 heavy (non-hydrogen) atoms. The highest BCUT2D eigenvalue weighted by atomic mass is 16.5.